The highest BCUT2D eigenvalue weighted by molar-refractivity contribution is 7.99. The van der Waals surface area contributed by atoms with Gasteiger partial charge in [0.25, 0.3) is 0 Å². The first-order valence-electron chi connectivity index (χ1n) is 5.42. The maximum absolute atomic E-state index is 12.4. The summed E-state index contributed by atoms with van der Waals surface area (Å²) in [6.45, 7) is 0. The molecule has 0 spiro atoms. The van der Waals surface area contributed by atoms with Gasteiger partial charge in [-0.3, -0.25) is 0 Å². The van der Waals surface area contributed by atoms with E-state index in [1.165, 1.54) is 30.0 Å². The summed E-state index contributed by atoms with van der Waals surface area (Å²) in [4.78, 5) is 11.8. The number of hydrogen-bond donors (Lipinski definition) is 1. The summed E-state index contributed by atoms with van der Waals surface area (Å²) in [6.07, 6.45) is 0. The van der Waals surface area contributed by atoms with Crippen LogP contribution in [-0.4, -0.2) is 25.3 Å². The van der Waals surface area contributed by atoms with E-state index in [-0.39, 0.29) is 4.88 Å². The lowest BCUT2D eigenvalue weighted by atomic mass is 10.4. The first kappa shape index (κ1) is 15.9. The monoisotopic (exact) mass is 350 g/mol. The lowest BCUT2D eigenvalue weighted by Crippen LogP contribution is -2.10. The van der Waals surface area contributed by atoms with Gasteiger partial charge in [0.15, 0.2) is 0 Å². The van der Waals surface area contributed by atoms with E-state index >= 15 is 0 Å². The van der Waals surface area contributed by atoms with Gasteiger partial charge in [0.05, 0.1) is 4.90 Å². The van der Waals surface area contributed by atoms with E-state index in [1.807, 2.05) is 0 Å². The van der Waals surface area contributed by atoms with Crippen LogP contribution < -0.4 is 0 Å². The molecule has 4 nitrogen and oxygen atoms in total. The van der Waals surface area contributed by atoms with Gasteiger partial charge in [-0.2, -0.15) is 8.78 Å². The van der Waals surface area contributed by atoms with Crippen molar-refractivity contribution in [2.45, 2.75) is 20.4 Å². The molecule has 0 saturated carbocycles. The van der Waals surface area contributed by atoms with E-state index in [2.05, 4.69) is 0 Å². The van der Waals surface area contributed by atoms with Crippen molar-refractivity contribution in [2.75, 3.05) is 0 Å². The van der Waals surface area contributed by atoms with Crippen molar-refractivity contribution in [1.82, 2.24) is 0 Å². The van der Waals surface area contributed by atoms with Crippen LogP contribution in [0.1, 0.15) is 9.67 Å². The van der Waals surface area contributed by atoms with Gasteiger partial charge in [0.1, 0.15) is 4.88 Å². The number of rotatable bonds is 5. The van der Waals surface area contributed by atoms with Crippen LogP contribution in [0.5, 0.6) is 0 Å². The number of carbonyl (C=O) groups is 1. The average Bonchev–Trinajstić information content (AvgIpc) is 2.88. The molecule has 0 aliphatic heterocycles. The Kier molecular flexibility index (Phi) is 4.64. The molecule has 0 atom stereocenters. The van der Waals surface area contributed by atoms with Gasteiger partial charge in [-0.05, 0) is 30.3 Å². The van der Waals surface area contributed by atoms with Gasteiger partial charge in [-0.25, -0.2) is 13.2 Å². The van der Waals surface area contributed by atoms with E-state index in [1.54, 1.807) is 5.38 Å². The fourth-order valence-electron chi connectivity index (χ4n) is 1.42. The summed E-state index contributed by atoms with van der Waals surface area (Å²) in [5, 5.41) is 10.5. The number of aromatic carboxylic acids is 1. The number of hydrogen-bond acceptors (Lipinski definition) is 5. The first-order chi connectivity index (χ1) is 9.80. The molecular formula is C12H8F2O4S3. The van der Waals surface area contributed by atoms with Crippen molar-refractivity contribution in [3.63, 3.8) is 0 Å². The van der Waals surface area contributed by atoms with Crippen molar-refractivity contribution < 1.29 is 27.1 Å². The highest BCUT2D eigenvalue weighted by atomic mass is 32.2. The molecule has 1 aromatic carbocycles. The van der Waals surface area contributed by atoms with Gasteiger partial charge < -0.3 is 5.11 Å². The fraction of sp³-hybridized carbons (Fsp3) is 0.0833. The number of halogens is 2. The number of carboxylic acid groups (broad SMARTS) is 1. The fourth-order valence-corrected chi connectivity index (χ4v) is 3.88. The van der Waals surface area contributed by atoms with Crippen molar-refractivity contribution in [2.24, 2.45) is 0 Å². The topological polar surface area (TPSA) is 71.4 Å². The van der Waals surface area contributed by atoms with E-state index in [9.17, 15) is 22.0 Å². The largest absolute Gasteiger partial charge is 0.477 e. The maximum atomic E-state index is 12.4. The molecule has 1 heterocycles. The Morgan fingerprint density at radius 2 is 1.81 bits per heavy atom. The van der Waals surface area contributed by atoms with Gasteiger partial charge in [0, 0.05) is 15.2 Å². The van der Waals surface area contributed by atoms with Crippen LogP contribution in [0, 0.1) is 0 Å². The summed E-state index contributed by atoms with van der Waals surface area (Å²) >= 11 is 2.29. The second-order valence-electron chi connectivity index (χ2n) is 3.83. The molecular weight excluding hydrogens is 342 g/mol. The quantitative estimate of drug-likeness (QED) is 0.892. The zero-order chi connectivity index (χ0) is 15.6. The second-order valence-corrected chi connectivity index (χ2v) is 7.81. The highest BCUT2D eigenvalue weighted by Crippen LogP contribution is 2.32. The molecule has 2 aromatic rings. The van der Waals surface area contributed by atoms with Crippen LogP contribution in [0.4, 0.5) is 8.78 Å². The van der Waals surface area contributed by atoms with Crippen LogP contribution in [0.3, 0.4) is 0 Å². The molecule has 0 radical (unpaired) electrons. The van der Waals surface area contributed by atoms with Crippen LogP contribution >= 0.6 is 23.1 Å². The lowest BCUT2D eigenvalue weighted by Gasteiger charge is -2.04. The third-order valence-electron chi connectivity index (χ3n) is 2.41. The molecule has 1 aromatic heterocycles. The zero-order valence-corrected chi connectivity index (χ0v) is 12.6. The molecule has 0 fully saturated rings. The predicted molar refractivity (Wildman–Crippen MR) is 75.0 cm³/mol. The number of alkyl halides is 2. The Morgan fingerprint density at radius 1 is 1.19 bits per heavy atom. The molecule has 9 heteroatoms. The summed E-state index contributed by atoms with van der Waals surface area (Å²) in [5.74, 6) is -4.48. The molecule has 0 bridgehead atoms. The third-order valence-corrected chi connectivity index (χ3v) is 5.85. The third kappa shape index (κ3) is 3.60. The van der Waals surface area contributed by atoms with Crippen molar-refractivity contribution in [3.05, 3.63) is 40.6 Å². The zero-order valence-electron chi connectivity index (χ0n) is 10.2. The van der Waals surface area contributed by atoms with Crippen molar-refractivity contribution >= 4 is 38.9 Å². The van der Waals surface area contributed by atoms with E-state index in [0.717, 1.165) is 23.5 Å². The van der Waals surface area contributed by atoms with E-state index < -0.39 is 26.5 Å². The Morgan fingerprint density at radius 3 is 2.29 bits per heavy atom. The minimum absolute atomic E-state index is 0.189. The smallest absolute Gasteiger partial charge is 0.345 e. The average molecular weight is 350 g/mol. The van der Waals surface area contributed by atoms with Gasteiger partial charge in [-0.15, -0.1) is 11.3 Å². The molecule has 0 aliphatic rings. The van der Waals surface area contributed by atoms with Crippen LogP contribution in [0.2, 0.25) is 0 Å². The molecule has 21 heavy (non-hydrogen) atoms. The SMILES string of the molecule is O=C(O)c1cc(Sc2ccc(S(=O)(=O)C(F)F)cc2)cs1. The molecule has 2 rings (SSSR count). The maximum Gasteiger partial charge on any atom is 0.345 e. The standard InChI is InChI=1S/C12H8F2O4S3/c13-12(14)21(17,18)9-3-1-7(2-4-9)20-8-5-10(11(15)16)19-6-8/h1-6,12H,(H,15,16). The molecule has 0 aliphatic carbocycles. The Hall–Kier alpha value is -1.45. The second kappa shape index (κ2) is 6.12. The molecule has 0 unspecified atom stereocenters. The number of benzene rings is 1. The van der Waals surface area contributed by atoms with Gasteiger partial charge in [0.2, 0.25) is 9.84 Å². The number of carboxylic acids is 1. The molecule has 112 valence electrons. The summed E-state index contributed by atoms with van der Waals surface area (Å²) in [5.41, 5.74) is 0. The highest BCUT2D eigenvalue weighted by Gasteiger charge is 2.26. The van der Waals surface area contributed by atoms with Crippen LogP contribution in [-0.2, 0) is 9.84 Å². The minimum atomic E-state index is -4.59. The number of thiophene rings is 1. The van der Waals surface area contributed by atoms with Gasteiger partial charge >= 0.3 is 11.7 Å². The normalized spacial score (nSPS) is 11.8. The number of sulfone groups is 1. The van der Waals surface area contributed by atoms with E-state index in [0.29, 0.717) is 9.79 Å². The van der Waals surface area contributed by atoms with Crippen molar-refractivity contribution in [3.8, 4) is 0 Å². The van der Waals surface area contributed by atoms with Crippen LogP contribution in [0.15, 0.2) is 50.4 Å². The van der Waals surface area contributed by atoms with Gasteiger partial charge in [-0.1, -0.05) is 11.8 Å². The first-order valence-corrected chi connectivity index (χ1v) is 8.67. The predicted octanol–water partition coefficient (Wildman–Crippen LogP) is 3.59. The minimum Gasteiger partial charge on any atom is -0.477 e. The Bertz CT molecular complexity index is 751. The molecule has 0 saturated heterocycles. The summed E-state index contributed by atoms with van der Waals surface area (Å²) < 4.78 is 47.3. The Balaban J connectivity index is 2.18. The lowest BCUT2D eigenvalue weighted by molar-refractivity contribution is 0.0702. The summed E-state index contributed by atoms with van der Waals surface area (Å²) in [7, 11) is -4.59. The van der Waals surface area contributed by atoms with E-state index in [4.69, 9.17) is 5.11 Å². The molecule has 0 amide bonds. The Labute approximate surface area is 127 Å². The van der Waals surface area contributed by atoms with Crippen LogP contribution in [0.25, 0.3) is 0 Å². The summed E-state index contributed by atoms with van der Waals surface area (Å²) in [6, 6.07) is 6.50. The van der Waals surface area contributed by atoms with Crippen molar-refractivity contribution in [1.29, 1.82) is 0 Å². The molecule has 1 N–H and O–H groups in total.